The number of carbonyl (C=O) groups is 1. The van der Waals surface area contributed by atoms with Gasteiger partial charge in [-0.15, -0.1) is 0 Å². The lowest BCUT2D eigenvalue weighted by atomic mass is 10.1. The van der Waals surface area contributed by atoms with Crippen molar-refractivity contribution in [3.05, 3.63) is 51.3 Å². The van der Waals surface area contributed by atoms with Gasteiger partial charge in [0.2, 0.25) is 5.91 Å². The first-order valence-corrected chi connectivity index (χ1v) is 7.12. The summed E-state index contributed by atoms with van der Waals surface area (Å²) in [5.41, 5.74) is 0.587. The minimum atomic E-state index is -0.206. The number of fused-ring (bicyclic) bond motifs is 1. The van der Waals surface area contributed by atoms with Crippen molar-refractivity contribution in [2.24, 2.45) is 0 Å². The molecule has 0 atom stereocenters. The number of nitrogens with zero attached hydrogens (tertiary/aromatic N) is 1. The van der Waals surface area contributed by atoms with Crippen LogP contribution in [0.15, 0.2) is 39.7 Å². The molecule has 0 spiro atoms. The Balaban J connectivity index is 2.37. The molecule has 1 aromatic heterocycles. The molecule has 0 aliphatic heterocycles. The molecule has 0 N–H and O–H groups in total. The predicted molar refractivity (Wildman–Crippen MR) is 84.5 cm³/mol. The average Bonchev–Trinajstić information content (AvgIpc) is 2.48. The van der Waals surface area contributed by atoms with Crippen LogP contribution in [0.2, 0.25) is 5.02 Å². The van der Waals surface area contributed by atoms with Crippen molar-refractivity contribution in [3.8, 4) is 0 Å². The fraction of sp³-hybridized carbons (Fsp3) is 0.250. The van der Waals surface area contributed by atoms with Crippen LogP contribution >= 0.6 is 11.6 Å². The Morgan fingerprint density at radius 1 is 1.33 bits per heavy atom. The molecule has 2 rings (SSSR count). The first-order chi connectivity index (χ1) is 10.1. The largest absolute Gasteiger partial charge is 0.463 e. The van der Waals surface area contributed by atoms with E-state index >= 15 is 0 Å². The summed E-state index contributed by atoms with van der Waals surface area (Å²) in [4.78, 5) is 25.9. The van der Waals surface area contributed by atoms with Crippen LogP contribution in [0.1, 0.15) is 19.4 Å². The van der Waals surface area contributed by atoms with Gasteiger partial charge >= 0.3 is 0 Å². The number of amides is 1. The Hall–Kier alpha value is -2.07. The van der Waals surface area contributed by atoms with Gasteiger partial charge in [-0.25, -0.2) is 0 Å². The molecule has 5 heteroatoms. The van der Waals surface area contributed by atoms with E-state index in [-0.39, 0.29) is 11.3 Å². The van der Waals surface area contributed by atoms with Gasteiger partial charge in [0, 0.05) is 24.2 Å². The molecule has 0 saturated carbocycles. The highest BCUT2D eigenvalue weighted by atomic mass is 35.5. The highest BCUT2D eigenvalue weighted by Gasteiger charge is 2.08. The Bertz CT molecular complexity index is 745. The lowest BCUT2D eigenvalue weighted by Gasteiger charge is -2.15. The number of benzene rings is 1. The van der Waals surface area contributed by atoms with Crippen LogP contribution in [-0.4, -0.2) is 23.9 Å². The summed E-state index contributed by atoms with van der Waals surface area (Å²) in [5, 5.41) is 0.870. The summed E-state index contributed by atoms with van der Waals surface area (Å²) in [6, 6.07) is 4.87. The summed E-state index contributed by atoms with van der Waals surface area (Å²) in [6.07, 6.45) is 4.22. The van der Waals surface area contributed by atoms with Gasteiger partial charge in [-0.2, -0.15) is 0 Å². The Kier molecular flexibility index (Phi) is 4.81. The molecule has 0 aliphatic rings. The van der Waals surface area contributed by atoms with Crippen LogP contribution in [0, 0.1) is 0 Å². The molecule has 4 nitrogen and oxygen atoms in total. The highest BCUT2D eigenvalue weighted by molar-refractivity contribution is 6.31. The van der Waals surface area contributed by atoms with Crippen molar-refractivity contribution in [1.82, 2.24) is 4.90 Å². The quantitative estimate of drug-likeness (QED) is 0.814. The lowest BCUT2D eigenvalue weighted by Crippen LogP contribution is -2.28. The van der Waals surface area contributed by atoms with E-state index in [1.54, 1.807) is 23.1 Å². The predicted octanol–water partition coefficient (Wildman–Crippen LogP) is 3.33. The molecule has 110 valence electrons. The van der Waals surface area contributed by atoms with Crippen molar-refractivity contribution in [2.75, 3.05) is 13.1 Å². The second-order valence-corrected chi connectivity index (χ2v) is 4.94. The fourth-order valence-corrected chi connectivity index (χ4v) is 2.21. The molecule has 21 heavy (non-hydrogen) atoms. The number of rotatable bonds is 4. The summed E-state index contributed by atoms with van der Waals surface area (Å²) >= 11 is 5.89. The number of carbonyl (C=O) groups excluding carboxylic acids is 1. The molecule has 1 heterocycles. The van der Waals surface area contributed by atoms with E-state index in [1.807, 2.05) is 13.8 Å². The Morgan fingerprint density at radius 2 is 2.05 bits per heavy atom. The van der Waals surface area contributed by atoms with Crippen molar-refractivity contribution >= 4 is 34.6 Å². The molecule has 0 aliphatic carbocycles. The van der Waals surface area contributed by atoms with E-state index in [0.29, 0.717) is 34.6 Å². The van der Waals surface area contributed by atoms with Crippen molar-refractivity contribution in [2.45, 2.75) is 13.8 Å². The fourth-order valence-electron chi connectivity index (χ4n) is 2.04. The van der Waals surface area contributed by atoms with E-state index in [0.717, 1.165) is 0 Å². The van der Waals surface area contributed by atoms with E-state index in [2.05, 4.69) is 0 Å². The molecule has 0 saturated heterocycles. The number of likely N-dealkylation sites (N-methyl/N-ethyl adjacent to an activating group) is 1. The number of hydrogen-bond donors (Lipinski definition) is 0. The minimum absolute atomic E-state index is 0.134. The normalized spacial score (nSPS) is 11.2. The lowest BCUT2D eigenvalue weighted by molar-refractivity contribution is -0.125. The van der Waals surface area contributed by atoms with Crippen LogP contribution in [0.25, 0.3) is 17.0 Å². The zero-order chi connectivity index (χ0) is 15.4. The molecule has 2 aromatic rings. The highest BCUT2D eigenvalue weighted by Crippen LogP contribution is 2.17. The first-order valence-electron chi connectivity index (χ1n) is 6.74. The standard InChI is InChI=1S/C16H16ClNO3/c1-3-18(4-2)15(19)8-5-11-10-21-14-7-6-12(17)9-13(14)16(11)20/h5-10H,3-4H2,1-2H3. The van der Waals surface area contributed by atoms with Gasteiger partial charge in [0.05, 0.1) is 10.9 Å². The number of halogens is 1. The molecule has 0 fully saturated rings. The summed E-state index contributed by atoms with van der Waals surface area (Å²) < 4.78 is 5.39. The van der Waals surface area contributed by atoms with Crippen LogP contribution in [0.4, 0.5) is 0 Å². The maximum atomic E-state index is 12.3. The maximum Gasteiger partial charge on any atom is 0.246 e. The zero-order valence-electron chi connectivity index (χ0n) is 11.9. The van der Waals surface area contributed by atoms with Crippen LogP contribution < -0.4 is 5.43 Å². The second kappa shape index (κ2) is 6.59. The van der Waals surface area contributed by atoms with Crippen LogP contribution in [-0.2, 0) is 4.79 Å². The van der Waals surface area contributed by atoms with Gasteiger partial charge < -0.3 is 9.32 Å². The third-order valence-corrected chi connectivity index (χ3v) is 3.48. The van der Waals surface area contributed by atoms with Gasteiger partial charge in [-0.05, 0) is 38.1 Å². The molecule has 0 unspecified atom stereocenters. The van der Waals surface area contributed by atoms with E-state index in [1.165, 1.54) is 18.4 Å². The summed E-state index contributed by atoms with van der Waals surface area (Å²) in [5.74, 6) is -0.134. The Morgan fingerprint density at radius 3 is 2.71 bits per heavy atom. The van der Waals surface area contributed by atoms with Crippen molar-refractivity contribution in [3.63, 3.8) is 0 Å². The van der Waals surface area contributed by atoms with E-state index < -0.39 is 0 Å². The van der Waals surface area contributed by atoms with E-state index in [9.17, 15) is 9.59 Å². The maximum absolute atomic E-state index is 12.3. The Labute approximate surface area is 127 Å². The molecular formula is C16H16ClNO3. The van der Waals surface area contributed by atoms with Gasteiger partial charge in [-0.3, -0.25) is 9.59 Å². The van der Waals surface area contributed by atoms with Crippen LogP contribution in [0.3, 0.4) is 0 Å². The van der Waals surface area contributed by atoms with Gasteiger partial charge in [0.15, 0.2) is 5.43 Å². The zero-order valence-corrected chi connectivity index (χ0v) is 12.7. The molecule has 1 amide bonds. The van der Waals surface area contributed by atoms with Crippen molar-refractivity contribution in [1.29, 1.82) is 0 Å². The summed E-state index contributed by atoms with van der Waals surface area (Å²) in [7, 11) is 0. The topological polar surface area (TPSA) is 50.5 Å². The van der Waals surface area contributed by atoms with Crippen LogP contribution in [0.5, 0.6) is 0 Å². The smallest absolute Gasteiger partial charge is 0.246 e. The number of hydrogen-bond acceptors (Lipinski definition) is 3. The van der Waals surface area contributed by atoms with E-state index in [4.69, 9.17) is 16.0 Å². The monoisotopic (exact) mass is 305 g/mol. The SMILES string of the molecule is CCN(CC)C(=O)C=Cc1coc2ccc(Cl)cc2c1=O. The molecule has 0 radical (unpaired) electrons. The van der Waals surface area contributed by atoms with Gasteiger partial charge in [0.25, 0.3) is 0 Å². The molecule has 1 aromatic carbocycles. The second-order valence-electron chi connectivity index (χ2n) is 4.50. The summed E-state index contributed by atoms with van der Waals surface area (Å²) in [6.45, 7) is 5.06. The average molecular weight is 306 g/mol. The van der Waals surface area contributed by atoms with Gasteiger partial charge in [-0.1, -0.05) is 11.6 Å². The van der Waals surface area contributed by atoms with Gasteiger partial charge in [0.1, 0.15) is 11.8 Å². The molecular weight excluding hydrogens is 290 g/mol. The molecule has 0 bridgehead atoms. The third-order valence-electron chi connectivity index (χ3n) is 3.24. The van der Waals surface area contributed by atoms with Crippen molar-refractivity contribution < 1.29 is 9.21 Å². The minimum Gasteiger partial charge on any atom is -0.463 e. The third kappa shape index (κ3) is 3.34. The first kappa shape index (κ1) is 15.3.